The summed E-state index contributed by atoms with van der Waals surface area (Å²) < 4.78 is 6.73. The van der Waals surface area contributed by atoms with E-state index in [1.807, 2.05) is 77.5 Å². The third-order valence-electron chi connectivity index (χ3n) is 6.89. The van der Waals surface area contributed by atoms with E-state index in [1.165, 1.54) is 51.1 Å². The van der Waals surface area contributed by atoms with Gasteiger partial charge < -0.3 is 16.6 Å². The second-order valence-corrected chi connectivity index (χ2v) is 14.0. The molecular weight excluding hydrogens is 678 g/mol. The molecule has 1 fully saturated rings. The maximum atomic E-state index is 14.1. The van der Waals surface area contributed by atoms with E-state index in [0.29, 0.717) is 20.7 Å². The Bertz CT molecular complexity index is 1680. The van der Waals surface area contributed by atoms with Gasteiger partial charge in [0.15, 0.2) is 10.4 Å². The summed E-state index contributed by atoms with van der Waals surface area (Å²) >= 11 is 5.43. The van der Waals surface area contributed by atoms with E-state index in [9.17, 15) is 19.2 Å². The van der Waals surface area contributed by atoms with Crippen LogP contribution in [0.5, 0.6) is 0 Å². The van der Waals surface area contributed by atoms with E-state index < -0.39 is 35.4 Å². The Morgan fingerprint density at radius 3 is 2.36 bits per heavy atom. The fraction of sp³-hybridized carbons (Fsp3) is 0.194. The Kier molecular flexibility index (Phi) is 11.8. The molecule has 0 unspecified atom stereocenters. The average Bonchev–Trinajstić information content (AvgIpc) is 3.71. The number of nitrogens with one attached hydrogen (secondary N) is 1. The first-order valence-electron chi connectivity index (χ1n) is 13.5. The van der Waals surface area contributed by atoms with Gasteiger partial charge in [-0.3, -0.25) is 19.3 Å². The number of aromatic nitrogens is 1. The van der Waals surface area contributed by atoms with Crippen molar-refractivity contribution >= 4 is 70.0 Å². The molecule has 6 rings (SSSR count). The molecule has 1 saturated heterocycles. The van der Waals surface area contributed by atoms with Gasteiger partial charge in [-0.05, 0) is 33.5 Å². The van der Waals surface area contributed by atoms with Crippen molar-refractivity contribution in [2.75, 3.05) is 5.75 Å². The number of nitrogens with zero attached hydrogens (tertiary/aromatic N) is 2. The maximum absolute atomic E-state index is 14.1. The number of β-lactam (4-membered cyclic amide) rings is 1. The molecule has 2 N–H and O–H groups in total. The van der Waals surface area contributed by atoms with Gasteiger partial charge in [-0.25, -0.2) is 9.78 Å². The van der Waals surface area contributed by atoms with Crippen molar-refractivity contribution in [1.82, 2.24) is 15.2 Å². The van der Waals surface area contributed by atoms with Crippen molar-refractivity contribution in [1.29, 1.82) is 0 Å². The number of thiophene rings is 1. The number of carbonyl (C=O) groups excluding carboxylic acids is 3. The number of hydrogen-bond acceptors (Lipinski definition) is 10. The van der Waals surface area contributed by atoms with Gasteiger partial charge >= 0.3 is 63.3 Å². The quantitative estimate of drug-likeness (QED) is 0.138. The minimum atomic E-state index is -0.988. The summed E-state index contributed by atoms with van der Waals surface area (Å²) in [7, 11) is 0. The fourth-order valence-corrected chi connectivity index (χ4v) is 9.02. The van der Waals surface area contributed by atoms with Crippen molar-refractivity contribution < 1.29 is 81.8 Å². The molecule has 2 atom stereocenters. The van der Waals surface area contributed by atoms with E-state index in [-0.39, 0.29) is 77.3 Å². The molecule has 0 aliphatic carbocycles. The van der Waals surface area contributed by atoms with Gasteiger partial charge in [0.05, 0.1) is 18.5 Å². The van der Waals surface area contributed by atoms with Gasteiger partial charge in [0.25, 0.3) is 5.91 Å². The fourth-order valence-electron chi connectivity index (χ4n) is 4.89. The number of thioether (sulfide) groups is 2. The minimum Gasteiger partial charge on any atom is -1.00 e. The zero-order valence-corrected chi connectivity index (χ0v) is 30.3. The van der Waals surface area contributed by atoms with Crippen LogP contribution < -0.4 is 56.7 Å². The average molecular weight is 704 g/mol. The van der Waals surface area contributed by atoms with Crippen LogP contribution in [-0.4, -0.2) is 55.9 Å². The van der Waals surface area contributed by atoms with Crippen molar-refractivity contribution in [3.8, 4) is 0 Å². The van der Waals surface area contributed by atoms with Crippen molar-refractivity contribution in [3.63, 3.8) is 0 Å². The van der Waals surface area contributed by atoms with Crippen LogP contribution in [-0.2, 0) is 36.8 Å². The first-order valence-corrected chi connectivity index (χ1v) is 17.2. The van der Waals surface area contributed by atoms with E-state index in [2.05, 4.69) is 10.3 Å². The van der Waals surface area contributed by atoms with Crippen LogP contribution >= 0.6 is 46.2 Å². The summed E-state index contributed by atoms with van der Waals surface area (Å²) in [6, 6.07) is 19.8. The third-order valence-corrected chi connectivity index (χ3v) is 11.2. The van der Waals surface area contributed by atoms with Crippen LogP contribution in [0, 0.1) is 0 Å². The number of rotatable bonds is 11. The van der Waals surface area contributed by atoms with E-state index in [0.717, 1.165) is 16.7 Å². The molecule has 0 bridgehead atoms. The normalized spacial score (nSPS) is 17.3. The summed E-state index contributed by atoms with van der Waals surface area (Å²) in [6.07, 6.45) is -0.777. The van der Waals surface area contributed by atoms with Crippen LogP contribution in [0.2, 0.25) is 0 Å². The molecule has 2 aromatic heterocycles. The number of benzene rings is 2. The van der Waals surface area contributed by atoms with Crippen LogP contribution in [0.4, 0.5) is 0 Å². The first kappa shape index (κ1) is 34.1. The van der Waals surface area contributed by atoms with E-state index in [4.69, 9.17) is 9.84 Å². The number of ether oxygens (including phenoxy) is 1. The van der Waals surface area contributed by atoms with E-state index >= 15 is 0 Å². The number of carboxylic acids is 1. The zero-order chi connectivity index (χ0) is 30.6. The molecule has 14 heteroatoms. The molecule has 45 heavy (non-hydrogen) atoms. The smallest absolute Gasteiger partial charge is 1.00 e. The Balaban J connectivity index is 0.00000240. The van der Waals surface area contributed by atoms with Gasteiger partial charge in [-0.15, -0.1) is 23.1 Å². The molecule has 2 aromatic carbocycles. The Hall–Kier alpha value is -2.27. The van der Waals surface area contributed by atoms with Gasteiger partial charge in [0.2, 0.25) is 5.91 Å². The largest absolute Gasteiger partial charge is 1.00 e. The van der Waals surface area contributed by atoms with Crippen molar-refractivity contribution in [2.24, 2.45) is 0 Å². The Labute approximate surface area is 319 Å². The summed E-state index contributed by atoms with van der Waals surface area (Å²) in [5.74, 6) is -1.95. The standard InChI is InChI=1S/C31H25N3O6S4.K.H/c35-23(13-18-11-12-41-15-18)33-25-28(38)34-26(22(17-42-29(25)34)44-31-32-21(16-43-31)14-24(36)37)30(39)40-27(19-7-3-1-4-8-19)20-9-5-2-6-10-20;;/h1-12,15-16,25,27,29H,13-14,17H2,(H,33,35)(H,36,37);;/q;+1;-1/t25-,29-;;/m1../s1. The maximum Gasteiger partial charge on any atom is 1.00 e. The number of aliphatic carboxylic acids is 1. The number of fused-ring (bicyclic) bond motifs is 1. The monoisotopic (exact) mass is 703 g/mol. The van der Waals surface area contributed by atoms with Crippen molar-refractivity contribution in [3.05, 3.63) is 116 Å². The Morgan fingerprint density at radius 1 is 1.04 bits per heavy atom. The van der Waals surface area contributed by atoms with Crippen LogP contribution in [0.1, 0.15) is 29.9 Å². The van der Waals surface area contributed by atoms with Gasteiger partial charge in [-0.1, -0.05) is 72.4 Å². The number of hydrogen-bond donors (Lipinski definition) is 2. The molecule has 2 aliphatic rings. The molecule has 9 nitrogen and oxygen atoms in total. The first-order chi connectivity index (χ1) is 21.4. The van der Waals surface area contributed by atoms with Crippen LogP contribution in [0.25, 0.3) is 0 Å². The van der Waals surface area contributed by atoms with Crippen LogP contribution in [0.15, 0.2) is 97.8 Å². The molecule has 4 aromatic rings. The molecule has 2 amide bonds. The number of carbonyl (C=O) groups is 4. The summed E-state index contributed by atoms with van der Waals surface area (Å²) in [6.45, 7) is 0. The summed E-state index contributed by atoms with van der Waals surface area (Å²) in [5, 5.41) is 17.0. The molecule has 0 radical (unpaired) electrons. The van der Waals surface area contributed by atoms with Crippen LogP contribution in [0.3, 0.4) is 0 Å². The predicted molar refractivity (Wildman–Crippen MR) is 171 cm³/mol. The van der Waals surface area contributed by atoms with Crippen molar-refractivity contribution in [2.45, 2.75) is 34.7 Å². The predicted octanol–water partition coefficient (Wildman–Crippen LogP) is 2.23. The number of thiazole rings is 1. The second-order valence-electron chi connectivity index (χ2n) is 9.92. The molecule has 4 heterocycles. The molecule has 226 valence electrons. The third kappa shape index (κ3) is 8.00. The molecule has 2 aliphatic heterocycles. The minimum absolute atomic E-state index is 0. The molecule has 0 saturated carbocycles. The van der Waals surface area contributed by atoms with Gasteiger partial charge in [-0.2, -0.15) is 11.3 Å². The SMILES string of the molecule is O=C(O)Cc1csc(SC2=C(C(=O)OC(c3ccccc3)c3ccccc3)N3C(=O)[C@@H](NC(=O)Cc4ccsc4)[C@H]3SC2)n1.[H-].[K+]. The van der Waals surface area contributed by atoms with E-state index in [1.54, 1.807) is 5.38 Å². The number of carboxylic acid groups (broad SMARTS) is 1. The summed E-state index contributed by atoms with van der Waals surface area (Å²) in [4.78, 5) is 58.0. The van der Waals surface area contributed by atoms with Gasteiger partial charge in [0.1, 0.15) is 17.1 Å². The second kappa shape index (κ2) is 15.5. The number of amides is 2. The number of esters is 1. The molecular formula is C31H26KN3O6S4. The van der Waals surface area contributed by atoms with Gasteiger partial charge in [0, 0.05) is 16.0 Å². The Morgan fingerprint density at radius 2 is 1.73 bits per heavy atom. The molecule has 0 spiro atoms. The topological polar surface area (TPSA) is 126 Å². The zero-order valence-electron chi connectivity index (χ0n) is 25.0. The summed E-state index contributed by atoms with van der Waals surface area (Å²) in [5.41, 5.74) is 2.94.